The molecule has 0 amide bonds. The van der Waals surface area contributed by atoms with Gasteiger partial charge in [0.25, 0.3) is 0 Å². The standard InChI is InChI=1S/C26H54Si4.2C18H34Si2.2C12H18.2C11H16/c1-26(2,3)25-21(19-23(27(4,5)6)28(7,8)9)17-16-18-22(25)20-24(29(10,11)12)30(13,14)15;2*1-18(2,3)16-13-11-10-12-15(16)14-17(19(4,5)6)20(7,8)9;2*1-9-7-6-8-10(2)11(9)12(3,4)5;2*1-9-7-5-6-8-10(9)11(2,3)4/h16-18,23-24H,19-20H2,1-15H3;2*10-13,17H,14H2,1-9H3;2*6-8H,1-5H3;2*5-8H,1-4H3/i19D2,20D2;14D2;;;;;. The molecule has 0 unspecified atom stereocenters. The molecule has 116 heavy (non-hydrogen) atoms. The van der Waals surface area contributed by atoms with Gasteiger partial charge in [-0.05, 0) is 220 Å². The summed E-state index contributed by atoms with van der Waals surface area (Å²) >= 11 is 0. The third-order valence-corrected chi connectivity index (χ3v) is 59.0. The maximum Gasteiger partial charge on any atom is 0.0450 e. The Bertz CT molecular complexity index is 4120. The van der Waals surface area contributed by atoms with Gasteiger partial charge in [0.05, 0.1) is 0 Å². The molecule has 0 bridgehead atoms. The topological polar surface area (TPSA) is 0 Å². The molecule has 0 atom stereocenters. The summed E-state index contributed by atoms with van der Waals surface area (Å²) in [6.45, 7) is 117. The van der Waals surface area contributed by atoms with E-state index >= 15 is 0 Å². The highest BCUT2D eigenvalue weighted by Crippen LogP contribution is 2.45. The van der Waals surface area contributed by atoms with Crippen LogP contribution < -0.4 is 0 Å². The van der Waals surface area contributed by atoms with Crippen molar-refractivity contribution in [3.05, 3.63) is 246 Å². The molecule has 7 rings (SSSR count). The molecule has 7 aromatic rings. The van der Waals surface area contributed by atoms with E-state index in [9.17, 15) is 5.48 Å². The molecule has 0 nitrogen and oxygen atoms in total. The maximum absolute atomic E-state index is 9.64. The number of hydrogen-bond donors (Lipinski definition) is 0. The van der Waals surface area contributed by atoms with Crippen molar-refractivity contribution in [2.75, 3.05) is 0 Å². The van der Waals surface area contributed by atoms with Crippen LogP contribution in [0.2, 0.25) is 178 Å². The highest BCUT2D eigenvalue weighted by atomic mass is 28.4. The van der Waals surface area contributed by atoms with Crippen molar-refractivity contribution in [1.29, 1.82) is 0 Å². The number of aryl methyl sites for hydroxylation is 6. The fourth-order valence-corrected chi connectivity index (χ4v) is 65.7. The minimum Gasteiger partial charge on any atom is -0.0695 e. The SMILES string of the molecule is CC(C)(C)c1ccccc1CC([Si](C)(C)C)[Si](C)(C)C.Cc1cccc(C)c1C(C)(C)C.Cc1cccc(C)c1C(C)(C)C.Cc1ccccc1C(C)(C)C.Cc1ccccc1C(C)(C)C.[2H]C([2H])(c1cccc(C([2H])([2H])C([Si](C)(C)C)[Si](C)(C)C)c1C(C)(C)C)C([Si](C)(C)C)[Si](C)(C)C.[2H]C([2H])(c1ccccc1C(C)(C)C)C([Si](C)(C)C)[Si](C)(C)C. The molecular formula is C108H190Si8. The summed E-state index contributed by atoms with van der Waals surface area (Å²) < 4.78 is 56.8. The smallest absolute Gasteiger partial charge is 0.0450 e. The van der Waals surface area contributed by atoms with E-state index in [-0.39, 0.29) is 53.4 Å². The number of benzene rings is 7. The van der Waals surface area contributed by atoms with Crippen molar-refractivity contribution in [3.8, 4) is 0 Å². The fraction of sp³-hybridized carbons (Fsp3) is 0.611. The second-order valence-corrected chi connectivity index (χ2v) is 95.3. The fourth-order valence-electron chi connectivity index (χ4n) is 18.9. The van der Waals surface area contributed by atoms with Crippen molar-refractivity contribution in [2.45, 2.75) is 428 Å². The highest BCUT2D eigenvalue weighted by molar-refractivity contribution is 6.98. The largest absolute Gasteiger partial charge is 0.0695 e. The highest BCUT2D eigenvalue weighted by Gasteiger charge is 2.43. The Balaban J connectivity index is 0.000000743. The first-order valence-electron chi connectivity index (χ1n) is 47.5. The van der Waals surface area contributed by atoms with E-state index in [1.54, 1.807) is 11.1 Å². The lowest BCUT2D eigenvalue weighted by Crippen LogP contribution is -2.46. The van der Waals surface area contributed by atoms with E-state index in [1.165, 1.54) is 62.1 Å². The van der Waals surface area contributed by atoms with Gasteiger partial charge in [0.1, 0.15) is 0 Å². The van der Waals surface area contributed by atoms with Gasteiger partial charge in [0.2, 0.25) is 0 Å². The second kappa shape index (κ2) is 42.6. The Morgan fingerprint density at radius 3 is 0.586 bits per heavy atom. The summed E-state index contributed by atoms with van der Waals surface area (Å²) in [5.74, 6) is 0. The van der Waals surface area contributed by atoms with Crippen molar-refractivity contribution in [1.82, 2.24) is 0 Å². The van der Waals surface area contributed by atoms with Crippen LogP contribution in [0.5, 0.6) is 0 Å². The molecule has 8 heteroatoms. The number of hydrogen-bond acceptors (Lipinski definition) is 0. The molecule has 0 N–H and O–H groups in total. The monoisotopic (exact) mass is 1720 g/mol. The quantitative estimate of drug-likeness (QED) is 0.0846. The van der Waals surface area contributed by atoms with E-state index in [0.717, 1.165) is 33.0 Å². The Kier molecular flexibility index (Phi) is 36.5. The van der Waals surface area contributed by atoms with Gasteiger partial charge in [-0.15, -0.1) is 0 Å². The zero-order valence-electron chi connectivity index (χ0n) is 92.0. The van der Waals surface area contributed by atoms with Crippen molar-refractivity contribution < 1.29 is 8.22 Å². The van der Waals surface area contributed by atoms with Gasteiger partial charge < -0.3 is 0 Å². The maximum atomic E-state index is 9.64. The molecular weight excluding hydrogens is 1520 g/mol. The lowest BCUT2D eigenvalue weighted by atomic mass is 9.79. The van der Waals surface area contributed by atoms with Crippen molar-refractivity contribution in [2.24, 2.45) is 0 Å². The van der Waals surface area contributed by atoms with Crippen LogP contribution in [0.15, 0.2) is 152 Å². The third kappa shape index (κ3) is 37.1. The van der Waals surface area contributed by atoms with Gasteiger partial charge in [-0.1, -0.05) is 454 Å². The van der Waals surface area contributed by atoms with Crippen LogP contribution in [0.3, 0.4) is 0 Å². The molecule has 0 spiro atoms. The van der Waals surface area contributed by atoms with Crippen LogP contribution in [-0.2, 0) is 63.4 Å². The molecule has 0 aliphatic carbocycles. The van der Waals surface area contributed by atoms with Crippen LogP contribution in [0, 0.1) is 41.5 Å². The first-order chi connectivity index (χ1) is 53.9. The summed E-state index contributed by atoms with van der Waals surface area (Å²) in [7, 11) is -13.0. The molecule has 0 aliphatic heterocycles. The molecule has 0 radical (unpaired) electrons. The Hall–Kier alpha value is -3.72. The van der Waals surface area contributed by atoms with Gasteiger partial charge in [-0.2, -0.15) is 0 Å². The zero-order chi connectivity index (χ0) is 96.5. The minimum absolute atomic E-state index is 0.0273. The predicted octanol–water partition coefficient (Wildman–Crippen LogP) is 35.3. The second-order valence-electron chi connectivity index (χ2n) is 50.3. The van der Waals surface area contributed by atoms with E-state index in [2.05, 4.69) is 459 Å². The first-order valence-corrected chi connectivity index (χ1v) is 73.1. The van der Waals surface area contributed by atoms with Gasteiger partial charge in [0, 0.05) is 72.8 Å². The van der Waals surface area contributed by atoms with Crippen LogP contribution in [0.4, 0.5) is 0 Å². The predicted molar refractivity (Wildman–Crippen MR) is 561 cm³/mol. The summed E-state index contributed by atoms with van der Waals surface area (Å²) in [5, 5.41) is 1.19. The lowest BCUT2D eigenvalue weighted by molar-refractivity contribution is 0.574. The molecule has 0 saturated carbocycles. The van der Waals surface area contributed by atoms with E-state index in [4.69, 9.17) is 2.74 Å². The molecule has 0 aliphatic rings. The van der Waals surface area contributed by atoms with E-state index in [1.807, 2.05) is 36.4 Å². The van der Waals surface area contributed by atoms with Gasteiger partial charge in [-0.25, -0.2) is 0 Å². The van der Waals surface area contributed by atoms with Gasteiger partial charge >= 0.3 is 0 Å². The van der Waals surface area contributed by atoms with Crippen LogP contribution in [-0.4, -0.2) is 64.6 Å². The van der Waals surface area contributed by atoms with Crippen LogP contribution in [0.25, 0.3) is 0 Å². The number of rotatable bonds is 16. The third-order valence-electron chi connectivity index (χ3n) is 22.4. The lowest BCUT2D eigenvalue weighted by Gasteiger charge is -2.41. The Labute approximate surface area is 741 Å². The van der Waals surface area contributed by atoms with Crippen LogP contribution >= 0.6 is 0 Å². The van der Waals surface area contributed by atoms with E-state index < -0.39 is 83.7 Å². The molecule has 654 valence electrons. The summed E-state index contributed by atoms with van der Waals surface area (Å²) in [6.07, 6.45) is -2.94. The van der Waals surface area contributed by atoms with E-state index in [0.29, 0.717) is 0 Å². The summed E-state index contributed by atoms with van der Waals surface area (Å²) in [5.41, 5.74) is 22.8. The zero-order valence-corrected chi connectivity index (χ0v) is 94.0. The molecule has 0 saturated heterocycles. The molecule has 0 aromatic heterocycles. The molecule has 0 heterocycles. The molecule has 7 aromatic carbocycles. The minimum atomic E-state index is -1.86. The summed E-state index contributed by atoms with van der Waals surface area (Å²) in [4.78, 5) is 0. The van der Waals surface area contributed by atoms with Crippen molar-refractivity contribution >= 4 is 64.6 Å². The molecule has 0 fully saturated rings. The normalized spacial score (nSPS) is 14.4. The first kappa shape index (κ1) is 99.4. The average Bonchev–Trinajstić information content (AvgIpc) is 0.721. The van der Waals surface area contributed by atoms with Gasteiger partial charge in [0.15, 0.2) is 0 Å². The Morgan fingerprint density at radius 1 is 0.198 bits per heavy atom. The summed E-state index contributed by atoms with van der Waals surface area (Å²) in [6, 6.07) is 53.3. The van der Waals surface area contributed by atoms with Gasteiger partial charge in [-0.3, -0.25) is 0 Å². The Morgan fingerprint density at radius 2 is 0.379 bits per heavy atom. The average molecular weight is 1720 g/mol. The van der Waals surface area contributed by atoms with Crippen molar-refractivity contribution in [3.63, 3.8) is 0 Å². The van der Waals surface area contributed by atoms with Crippen LogP contribution in [0.1, 0.15) is 248 Å².